The van der Waals surface area contributed by atoms with E-state index in [1.165, 1.54) is 19.2 Å². The summed E-state index contributed by atoms with van der Waals surface area (Å²) in [4.78, 5) is 50.2. The fraction of sp³-hybridized carbons (Fsp3) is 0.200. The third kappa shape index (κ3) is 3.44. The maximum atomic E-state index is 12.8. The molecule has 0 bridgehead atoms. The van der Waals surface area contributed by atoms with Gasteiger partial charge in [-0.05, 0) is 24.6 Å². The van der Waals surface area contributed by atoms with E-state index in [0.717, 1.165) is 4.90 Å². The van der Waals surface area contributed by atoms with Crippen molar-refractivity contribution in [2.75, 3.05) is 19.0 Å². The molecule has 2 aromatic rings. The zero-order chi connectivity index (χ0) is 20.3. The highest BCUT2D eigenvalue weighted by atomic mass is 16.5. The zero-order valence-electron chi connectivity index (χ0n) is 15.4. The van der Waals surface area contributed by atoms with Crippen molar-refractivity contribution in [2.24, 2.45) is 0 Å². The summed E-state index contributed by atoms with van der Waals surface area (Å²) in [6.07, 6.45) is 0. The number of urea groups is 1. The molecule has 8 heteroatoms. The number of para-hydroxylation sites is 1. The fourth-order valence-corrected chi connectivity index (χ4v) is 3.02. The second kappa shape index (κ2) is 7.51. The van der Waals surface area contributed by atoms with Crippen molar-refractivity contribution in [1.82, 2.24) is 10.2 Å². The summed E-state index contributed by atoms with van der Waals surface area (Å²) >= 11 is 0. The van der Waals surface area contributed by atoms with Gasteiger partial charge in [0, 0.05) is 0 Å². The first-order valence-corrected chi connectivity index (χ1v) is 8.53. The Morgan fingerprint density at radius 3 is 2.39 bits per heavy atom. The van der Waals surface area contributed by atoms with Crippen LogP contribution in [-0.4, -0.2) is 42.4 Å². The normalized spacial score (nSPS) is 18.6. The summed E-state index contributed by atoms with van der Waals surface area (Å²) in [5, 5.41) is 5.18. The Kier molecular flexibility index (Phi) is 5.12. The molecule has 2 N–H and O–H groups in total. The molecule has 1 aliphatic heterocycles. The number of rotatable bonds is 5. The molecular weight excluding hydrogens is 362 g/mol. The highest BCUT2D eigenvalue weighted by molar-refractivity contribution is 6.10. The summed E-state index contributed by atoms with van der Waals surface area (Å²) < 4.78 is 4.68. The number of carbonyl (C=O) groups is 4. The van der Waals surface area contributed by atoms with Gasteiger partial charge in [0.25, 0.3) is 5.91 Å². The number of amides is 4. The number of esters is 1. The van der Waals surface area contributed by atoms with Gasteiger partial charge in [0.1, 0.15) is 12.1 Å². The third-order valence-corrected chi connectivity index (χ3v) is 4.53. The number of benzene rings is 2. The number of anilines is 1. The van der Waals surface area contributed by atoms with Gasteiger partial charge in [0.2, 0.25) is 5.91 Å². The van der Waals surface area contributed by atoms with E-state index < -0.39 is 35.9 Å². The molecule has 1 heterocycles. The van der Waals surface area contributed by atoms with Crippen LogP contribution in [0.1, 0.15) is 22.8 Å². The van der Waals surface area contributed by atoms with Gasteiger partial charge in [-0.2, -0.15) is 0 Å². The lowest BCUT2D eigenvalue weighted by molar-refractivity contribution is -0.133. The summed E-state index contributed by atoms with van der Waals surface area (Å²) in [6.45, 7) is 1.11. The lowest BCUT2D eigenvalue weighted by Crippen LogP contribution is -2.42. The van der Waals surface area contributed by atoms with E-state index in [1.54, 1.807) is 49.4 Å². The van der Waals surface area contributed by atoms with Crippen LogP contribution < -0.4 is 10.6 Å². The molecule has 1 saturated heterocycles. The van der Waals surface area contributed by atoms with Gasteiger partial charge >= 0.3 is 12.0 Å². The van der Waals surface area contributed by atoms with Crippen molar-refractivity contribution in [3.8, 4) is 0 Å². The third-order valence-electron chi connectivity index (χ3n) is 4.53. The van der Waals surface area contributed by atoms with Gasteiger partial charge in [-0.25, -0.2) is 9.59 Å². The standard InChI is InChI=1S/C20H19N3O5/c1-20(13-8-4-3-5-9-13)18(26)23(19(27)22-20)12-16(24)21-15-11-7-6-10-14(15)17(25)28-2/h3-11H,12H2,1-2H3,(H,21,24)(H,22,27)/t20-/m1/s1. The number of hydrogen-bond acceptors (Lipinski definition) is 5. The highest BCUT2D eigenvalue weighted by Crippen LogP contribution is 2.28. The van der Waals surface area contributed by atoms with Crippen LogP contribution in [0.2, 0.25) is 0 Å². The van der Waals surface area contributed by atoms with Gasteiger partial charge in [0.05, 0.1) is 18.4 Å². The molecule has 0 aromatic heterocycles. The van der Waals surface area contributed by atoms with Gasteiger partial charge in [-0.3, -0.25) is 14.5 Å². The molecule has 1 atom stereocenters. The van der Waals surface area contributed by atoms with Crippen LogP contribution in [0.5, 0.6) is 0 Å². The molecule has 144 valence electrons. The van der Waals surface area contributed by atoms with Crippen LogP contribution in [0.25, 0.3) is 0 Å². The van der Waals surface area contributed by atoms with Crippen molar-refractivity contribution in [3.63, 3.8) is 0 Å². The molecule has 0 saturated carbocycles. The molecule has 28 heavy (non-hydrogen) atoms. The predicted octanol–water partition coefficient (Wildman–Crippen LogP) is 1.88. The van der Waals surface area contributed by atoms with Crippen LogP contribution >= 0.6 is 0 Å². The van der Waals surface area contributed by atoms with Gasteiger partial charge < -0.3 is 15.4 Å². The molecule has 1 aliphatic rings. The number of methoxy groups -OCH3 is 1. The molecule has 8 nitrogen and oxygen atoms in total. The van der Waals surface area contributed by atoms with E-state index in [2.05, 4.69) is 15.4 Å². The van der Waals surface area contributed by atoms with E-state index in [0.29, 0.717) is 5.56 Å². The maximum Gasteiger partial charge on any atom is 0.339 e. The van der Waals surface area contributed by atoms with E-state index in [1.807, 2.05) is 0 Å². The molecule has 2 aromatic carbocycles. The van der Waals surface area contributed by atoms with Crippen molar-refractivity contribution < 1.29 is 23.9 Å². The quantitative estimate of drug-likeness (QED) is 0.608. The lowest BCUT2D eigenvalue weighted by atomic mass is 9.92. The Morgan fingerprint density at radius 2 is 1.71 bits per heavy atom. The van der Waals surface area contributed by atoms with Gasteiger partial charge in [-0.1, -0.05) is 42.5 Å². The molecule has 0 unspecified atom stereocenters. The largest absolute Gasteiger partial charge is 0.465 e. The first-order chi connectivity index (χ1) is 13.4. The first-order valence-electron chi connectivity index (χ1n) is 8.53. The Bertz CT molecular complexity index is 944. The fourth-order valence-electron chi connectivity index (χ4n) is 3.02. The van der Waals surface area contributed by atoms with Crippen LogP contribution in [0, 0.1) is 0 Å². The molecule has 4 amide bonds. The smallest absolute Gasteiger partial charge is 0.339 e. The summed E-state index contributed by atoms with van der Waals surface area (Å²) in [5.41, 5.74) is -0.225. The number of nitrogens with zero attached hydrogens (tertiary/aromatic N) is 1. The topological polar surface area (TPSA) is 105 Å². The van der Waals surface area contributed by atoms with Crippen LogP contribution in [-0.2, 0) is 19.9 Å². The minimum Gasteiger partial charge on any atom is -0.465 e. The second-order valence-corrected chi connectivity index (χ2v) is 6.40. The number of imide groups is 1. The lowest BCUT2D eigenvalue weighted by Gasteiger charge is -2.22. The molecular formula is C20H19N3O5. The van der Waals surface area contributed by atoms with Crippen molar-refractivity contribution in [3.05, 3.63) is 65.7 Å². The predicted molar refractivity (Wildman–Crippen MR) is 100 cm³/mol. The van der Waals surface area contributed by atoms with Crippen LogP contribution in [0.4, 0.5) is 10.5 Å². The van der Waals surface area contributed by atoms with E-state index in [-0.39, 0.29) is 11.3 Å². The number of ether oxygens (including phenoxy) is 1. The Morgan fingerprint density at radius 1 is 1.07 bits per heavy atom. The SMILES string of the molecule is COC(=O)c1ccccc1NC(=O)CN1C(=O)N[C@](C)(c2ccccc2)C1=O. The Labute approximate surface area is 161 Å². The minimum absolute atomic E-state index is 0.171. The Balaban J connectivity index is 1.76. The summed E-state index contributed by atoms with van der Waals surface area (Å²) in [5.74, 6) is -1.75. The van der Waals surface area contributed by atoms with Crippen molar-refractivity contribution in [1.29, 1.82) is 0 Å². The zero-order valence-corrected chi connectivity index (χ0v) is 15.4. The van der Waals surface area contributed by atoms with Crippen molar-refractivity contribution >= 4 is 29.5 Å². The number of hydrogen-bond donors (Lipinski definition) is 2. The number of carbonyl (C=O) groups excluding carboxylic acids is 4. The molecule has 0 radical (unpaired) electrons. The second-order valence-electron chi connectivity index (χ2n) is 6.40. The molecule has 1 fully saturated rings. The molecule has 0 spiro atoms. The van der Waals surface area contributed by atoms with Crippen LogP contribution in [0.15, 0.2) is 54.6 Å². The van der Waals surface area contributed by atoms with E-state index >= 15 is 0 Å². The average Bonchev–Trinajstić information content (AvgIpc) is 2.92. The Hall–Kier alpha value is -3.68. The van der Waals surface area contributed by atoms with E-state index in [4.69, 9.17) is 0 Å². The number of nitrogens with one attached hydrogen (secondary N) is 2. The van der Waals surface area contributed by atoms with Crippen LogP contribution in [0.3, 0.4) is 0 Å². The monoisotopic (exact) mass is 381 g/mol. The summed E-state index contributed by atoms with van der Waals surface area (Å²) in [7, 11) is 1.23. The summed E-state index contributed by atoms with van der Waals surface area (Å²) in [6, 6.07) is 14.4. The molecule has 0 aliphatic carbocycles. The van der Waals surface area contributed by atoms with Gasteiger partial charge in [-0.15, -0.1) is 0 Å². The highest BCUT2D eigenvalue weighted by Gasteiger charge is 2.49. The maximum absolute atomic E-state index is 12.8. The first kappa shape index (κ1) is 19.1. The average molecular weight is 381 g/mol. The van der Waals surface area contributed by atoms with E-state index in [9.17, 15) is 19.2 Å². The van der Waals surface area contributed by atoms with Crippen molar-refractivity contribution in [2.45, 2.75) is 12.5 Å². The van der Waals surface area contributed by atoms with Gasteiger partial charge in [0.15, 0.2) is 0 Å². The molecule has 3 rings (SSSR count). The minimum atomic E-state index is -1.25.